The Hall–Kier alpha value is -2.10. The zero-order chi connectivity index (χ0) is 11.7. The molecule has 0 fully saturated rings. The van der Waals surface area contributed by atoms with Gasteiger partial charge in [0.1, 0.15) is 11.6 Å². The molecular weight excluding hydrogens is 204 g/mol. The van der Waals surface area contributed by atoms with Crippen molar-refractivity contribution in [3.63, 3.8) is 0 Å². The van der Waals surface area contributed by atoms with Crippen LogP contribution in [0.15, 0.2) is 29.1 Å². The first-order chi connectivity index (χ1) is 7.56. The molecule has 0 bridgehead atoms. The fourth-order valence-corrected chi connectivity index (χ4v) is 1.57. The molecule has 0 aliphatic carbocycles. The number of aryl methyl sites for hydroxylation is 2. The van der Waals surface area contributed by atoms with E-state index in [-0.39, 0.29) is 11.3 Å². The van der Waals surface area contributed by atoms with E-state index in [4.69, 9.17) is 0 Å². The second-order valence-corrected chi connectivity index (χ2v) is 3.74. The van der Waals surface area contributed by atoms with Crippen LogP contribution in [0.5, 0.6) is 5.75 Å². The van der Waals surface area contributed by atoms with Crippen LogP contribution < -0.4 is 5.56 Å². The molecule has 4 heteroatoms. The van der Waals surface area contributed by atoms with Gasteiger partial charge in [0.15, 0.2) is 0 Å². The summed E-state index contributed by atoms with van der Waals surface area (Å²) in [6, 6.07) is 6.58. The molecule has 1 aromatic heterocycles. The molecule has 2 rings (SSSR count). The van der Waals surface area contributed by atoms with Crippen LogP contribution in [-0.2, 0) is 0 Å². The van der Waals surface area contributed by atoms with Crippen LogP contribution in [-0.4, -0.2) is 15.1 Å². The maximum atomic E-state index is 11.3. The lowest BCUT2D eigenvalue weighted by atomic mass is 10.1. The van der Waals surface area contributed by atoms with Crippen LogP contribution in [0.1, 0.15) is 11.4 Å². The minimum absolute atomic E-state index is 0.128. The molecule has 0 aliphatic rings. The molecule has 16 heavy (non-hydrogen) atoms. The van der Waals surface area contributed by atoms with Gasteiger partial charge in [-0.25, -0.2) is 4.98 Å². The summed E-state index contributed by atoms with van der Waals surface area (Å²) >= 11 is 0. The smallest absolute Gasteiger partial charge is 0.251 e. The predicted molar refractivity (Wildman–Crippen MR) is 61.4 cm³/mol. The molecule has 0 radical (unpaired) electrons. The Labute approximate surface area is 92.6 Å². The Morgan fingerprint density at radius 1 is 1.25 bits per heavy atom. The Morgan fingerprint density at radius 2 is 2.00 bits per heavy atom. The summed E-state index contributed by atoms with van der Waals surface area (Å²) in [5.74, 6) is 0.659. The van der Waals surface area contributed by atoms with Gasteiger partial charge in [-0.3, -0.25) is 4.79 Å². The number of benzene rings is 1. The number of phenols is 1. The van der Waals surface area contributed by atoms with Gasteiger partial charge in [-0.05, 0) is 26.0 Å². The topological polar surface area (TPSA) is 66.0 Å². The number of hydrogen-bond donors (Lipinski definition) is 2. The highest BCUT2D eigenvalue weighted by Gasteiger charge is 2.07. The lowest BCUT2D eigenvalue weighted by Gasteiger charge is -2.05. The van der Waals surface area contributed by atoms with E-state index in [0.29, 0.717) is 17.1 Å². The summed E-state index contributed by atoms with van der Waals surface area (Å²) in [7, 11) is 0. The highest BCUT2D eigenvalue weighted by Crippen LogP contribution is 2.27. The maximum Gasteiger partial charge on any atom is 0.251 e. The molecule has 0 spiro atoms. The van der Waals surface area contributed by atoms with Gasteiger partial charge < -0.3 is 10.1 Å². The minimum atomic E-state index is -0.219. The third kappa shape index (κ3) is 1.95. The second-order valence-electron chi connectivity index (χ2n) is 3.74. The van der Waals surface area contributed by atoms with Crippen LogP contribution in [0.3, 0.4) is 0 Å². The molecule has 2 aromatic rings. The molecular formula is C12H12N2O2. The predicted octanol–water partition coefficient (Wildman–Crippen LogP) is 1.76. The van der Waals surface area contributed by atoms with Crippen LogP contribution in [0.4, 0.5) is 0 Å². The molecule has 0 atom stereocenters. The number of H-pyrrole nitrogens is 1. The molecule has 4 nitrogen and oxygen atoms in total. The highest BCUT2D eigenvalue weighted by atomic mass is 16.3. The van der Waals surface area contributed by atoms with Crippen LogP contribution in [0.2, 0.25) is 0 Å². The van der Waals surface area contributed by atoms with E-state index in [1.54, 1.807) is 25.1 Å². The molecule has 0 aliphatic heterocycles. The van der Waals surface area contributed by atoms with Gasteiger partial charge in [-0.1, -0.05) is 11.6 Å². The summed E-state index contributed by atoms with van der Waals surface area (Å²) in [5.41, 5.74) is 1.85. The fraction of sp³-hybridized carbons (Fsp3) is 0.167. The van der Waals surface area contributed by atoms with Crippen molar-refractivity contribution in [2.45, 2.75) is 13.8 Å². The Morgan fingerprint density at radius 3 is 2.69 bits per heavy atom. The average Bonchev–Trinajstić information content (AvgIpc) is 2.20. The van der Waals surface area contributed by atoms with Gasteiger partial charge in [-0.15, -0.1) is 0 Å². The van der Waals surface area contributed by atoms with E-state index < -0.39 is 0 Å². The Balaban J connectivity index is 2.66. The van der Waals surface area contributed by atoms with Gasteiger partial charge in [-0.2, -0.15) is 0 Å². The molecule has 1 heterocycles. The molecule has 0 saturated heterocycles. The number of aromatic hydroxyl groups is 1. The van der Waals surface area contributed by atoms with Gasteiger partial charge in [0.25, 0.3) is 5.56 Å². The second kappa shape index (κ2) is 3.81. The third-order valence-electron chi connectivity index (χ3n) is 2.29. The van der Waals surface area contributed by atoms with E-state index >= 15 is 0 Å². The number of nitrogens with zero attached hydrogens (tertiary/aromatic N) is 1. The van der Waals surface area contributed by atoms with Gasteiger partial charge >= 0.3 is 0 Å². The normalized spacial score (nSPS) is 10.4. The SMILES string of the molecule is Cc1ccc(O)c(-c2cc(=O)[nH]c(C)n2)c1. The Kier molecular flexibility index (Phi) is 2.48. The first kappa shape index (κ1) is 10.4. The minimum Gasteiger partial charge on any atom is -0.507 e. The summed E-state index contributed by atoms with van der Waals surface area (Å²) in [6.45, 7) is 3.63. The molecule has 82 valence electrons. The first-order valence-corrected chi connectivity index (χ1v) is 4.94. The molecule has 0 saturated carbocycles. The van der Waals surface area contributed by atoms with Crippen molar-refractivity contribution in [2.75, 3.05) is 0 Å². The number of phenolic OH excluding ortho intramolecular Hbond substituents is 1. The lowest BCUT2D eigenvalue weighted by Crippen LogP contribution is -2.08. The number of rotatable bonds is 1. The number of aromatic nitrogens is 2. The molecule has 0 unspecified atom stereocenters. The van der Waals surface area contributed by atoms with E-state index in [2.05, 4.69) is 9.97 Å². The summed E-state index contributed by atoms with van der Waals surface area (Å²) in [6.07, 6.45) is 0. The number of aromatic amines is 1. The van der Waals surface area contributed by atoms with Crippen molar-refractivity contribution >= 4 is 0 Å². The van der Waals surface area contributed by atoms with E-state index in [1.165, 1.54) is 6.07 Å². The average molecular weight is 216 g/mol. The number of hydrogen-bond acceptors (Lipinski definition) is 3. The summed E-state index contributed by atoms with van der Waals surface area (Å²) < 4.78 is 0. The van der Waals surface area contributed by atoms with Crippen molar-refractivity contribution < 1.29 is 5.11 Å². The van der Waals surface area contributed by atoms with Gasteiger partial charge in [0.05, 0.1) is 5.69 Å². The van der Waals surface area contributed by atoms with Gasteiger partial charge in [0.2, 0.25) is 0 Å². The van der Waals surface area contributed by atoms with E-state index in [9.17, 15) is 9.90 Å². The highest BCUT2D eigenvalue weighted by molar-refractivity contribution is 5.67. The largest absolute Gasteiger partial charge is 0.507 e. The van der Waals surface area contributed by atoms with Gasteiger partial charge in [0, 0.05) is 11.6 Å². The first-order valence-electron chi connectivity index (χ1n) is 4.94. The quantitative estimate of drug-likeness (QED) is 0.763. The Bertz CT molecular complexity index is 588. The molecule has 0 amide bonds. The van der Waals surface area contributed by atoms with Crippen molar-refractivity contribution in [1.82, 2.24) is 9.97 Å². The lowest BCUT2D eigenvalue weighted by molar-refractivity contribution is 0.477. The van der Waals surface area contributed by atoms with Crippen LogP contribution in [0.25, 0.3) is 11.3 Å². The molecule has 1 aromatic carbocycles. The van der Waals surface area contributed by atoms with Crippen molar-refractivity contribution in [3.8, 4) is 17.0 Å². The van der Waals surface area contributed by atoms with Crippen molar-refractivity contribution in [3.05, 3.63) is 46.0 Å². The zero-order valence-corrected chi connectivity index (χ0v) is 9.11. The zero-order valence-electron chi connectivity index (χ0n) is 9.11. The van der Waals surface area contributed by atoms with E-state index in [1.807, 2.05) is 6.92 Å². The van der Waals surface area contributed by atoms with Crippen molar-refractivity contribution in [1.29, 1.82) is 0 Å². The summed E-state index contributed by atoms with van der Waals surface area (Å²) in [5, 5.41) is 9.72. The standard InChI is InChI=1S/C12H12N2O2/c1-7-3-4-11(15)9(5-7)10-6-12(16)14-8(2)13-10/h3-6,15H,1-2H3,(H,13,14,16). The monoisotopic (exact) mass is 216 g/mol. The van der Waals surface area contributed by atoms with Crippen LogP contribution >= 0.6 is 0 Å². The van der Waals surface area contributed by atoms with E-state index in [0.717, 1.165) is 5.56 Å². The fourth-order valence-electron chi connectivity index (χ4n) is 1.57. The molecule has 2 N–H and O–H groups in total. The van der Waals surface area contributed by atoms with Crippen molar-refractivity contribution in [2.24, 2.45) is 0 Å². The third-order valence-corrected chi connectivity index (χ3v) is 2.29. The maximum absolute atomic E-state index is 11.3. The number of nitrogens with one attached hydrogen (secondary N) is 1. The summed E-state index contributed by atoms with van der Waals surface area (Å²) in [4.78, 5) is 18.1. The van der Waals surface area contributed by atoms with Crippen LogP contribution in [0, 0.1) is 13.8 Å².